The maximum absolute atomic E-state index is 14.2. The molecule has 1 aliphatic carbocycles. The van der Waals surface area contributed by atoms with Crippen molar-refractivity contribution < 1.29 is 75.5 Å². The summed E-state index contributed by atoms with van der Waals surface area (Å²) in [5.74, 6) is -10.1. The van der Waals surface area contributed by atoms with E-state index in [0.717, 1.165) is 113 Å². The number of nitrogens with two attached hydrogens (primary N) is 3. The minimum atomic E-state index is -3.26. The van der Waals surface area contributed by atoms with Gasteiger partial charge in [-0.15, -0.1) is 0 Å². The van der Waals surface area contributed by atoms with E-state index < -0.39 is 84.1 Å². The molecule has 13 rings (SSSR count). The Hall–Kier alpha value is -6.71. The van der Waals surface area contributed by atoms with Crippen LogP contribution in [-0.2, 0) is 61.6 Å². The quantitative estimate of drug-likeness (QED) is 0.0376. The third-order valence-electron chi connectivity index (χ3n) is 22.4. The van der Waals surface area contributed by atoms with Crippen LogP contribution >= 0.6 is 0 Å². The highest BCUT2D eigenvalue weighted by molar-refractivity contribution is 7.92. The van der Waals surface area contributed by atoms with Crippen molar-refractivity contribution in [2.75, 3.05) is 17.8 Å². The first-order valence-electron chi connectivity index (χ1n) is 35.0. The Balaban J connectivity index is 0.000000154. The summed E-state index contributed by atoms with van der Waals surface area (Å²) in [6, 6.07) is 18.7. The number of nitrogens with zero attached hydrogens (tertiary/aromatic N) is 4. The van der Waals surface area contributed by atoms with Crippen LogP contribution in [0.3, 0.4) is 0 Å². The van der Waals surface area contributed by atoms with Crippen molar-refractivity contribution in [3.05, 3.63) is 176 Å². The number of halogens is 9. The molecule has 0 spiro atoms. The summed E-state index contributed by atoms with van der Waals surface area (Å²) in [7, 11) is -6.46. The molecule has 1 saturated carbocycles. The number of carbonyl (C=O) groups is 4. The number of rotatable bonds is 20. The van der Waals surface area contributed by atoms with Crippen molar-refractivity contribution in [1.82, 2.24) is 19.6 Å². The molecule has 6 N–H and O–H groups in total. The summed E-state index contributed by atoms with van der Waals surface area (Å²) in [6.45, 7) is 0.982. The number of piperidine rings is 3. The summed E-state index contributed by atoms with van der Waals surface area (Å²) < 4.78 is 170. The Morgan fingerprint density at radius 2 is 0.790 bits per heavy atom. The predicted molar refractivity (Wildman–Crippen MR) is 359 cm³/mol. The molecule has 7 fully saturated rings. The van der Waals surface area contributed by atoms with Crippen molar-refractivity contribution in [3.63, 3.8) is 0 Å². The fourth-order valence-electron chi connectivity index (χ4n) is 17.3. The molecule has 8 aliphatic rings. The molecule has 4 amide bonds. The van der Waals surface area contributed by atoms with Gasteiger partial charge in [-0.3, -0.25) is 29.0 Å². The van der Waals surface area contributed by atoms with E-state index >= 15 is 0 Å². The Kier molecular flexibility index (Phi) is 23.5. The van der Waals surface area contributed by atoms with Crippen molar-refractivity contribution in [3.8, 4) is 0 Å². The number of sulfone groups is 2. The van der Waals surface area contributed by atoms with Crippen LogP contribution in [0, 0.1) is 70.1 Å². The Bertz CT molecular complexity index is 4020. The normalized spacial score (nSPS) is 25.2. The van der Waals surface area contributed by atoms with Crippen LogP contribution in [0.15, 0.2) is 84.9 Å². The molecule has 15 nitrogen and oxygen atoms in total. The van der Waals surface area contributed by atoms with E-state index in [1.807, 2.05) is 17.0 Å². The number of hydrogen-bond acceptors (Lipinski definition) is 12. The minimum Gasteiger partial charge on any atom is -0.337 e. The Labute approximate surface area is 578 Å². The van der Waals surface area contributed by atoms with Gasteiger partial charge in [0.1, 0.15) is 27.3 Å². The van der Waals surface area contributed by atoms with Gasteiger partial charge in [0.05, 0.1) is 34.4 Å². The van der Waals surface area contributed by atoms with Gasteiger partial charge in [0.15, 0.2) is 44.7 Å². The molecule has 6 bridgehead atoms. The Morgan fingerprint density at radius 1 is 0.440 bits per heavy atom. The van der Waals surface area contributed by atoms with Crippen molar-refractivity contribution >= 4 is 43.3 Å². The zero-order chi connectivity index (χ0) is 71.6. The third-order valence-corrected chi connectivity index (χ3v) is 25.6. The number of fused-ring (bicyclic) bond motifs is 7. The second-order valence-corrected chi connectivity index (χ2v) is 33.8. The molecule has 100 heavy (non-hydrogen) atoms. The second kappa shape index (κ2) is 31.5. The molecule has 0 aromatic heterocycles. The summed E-state index contributed by atoms with van der Waals surface area (Å²) in [5.41, 5.74) is 22.2. The van der Waals surface area contributed by atoms with Gasteiger partial charge in [-0.1, -0.05) is 55.7 Å². The lowest BCUT2D eigenvalue weighted by Crippen LogP contribution is -2.50. The summed E-state index contributed by atoms with van der Waals surface area (Å²) in [4.78, 5) is 58.5. The van der Waals surface area contributed by atoms with Gasteiger partial charge in [0.25, 0.3) is 11.8 Å². The molecule has 7 heterocycles. The predicted octanol–water partition coefficient (Wildman–Crippen LogP) is 11.3. The molecule has 6 saturated heterocycles. The largest absolute Gasteiger partial charge is 0.337 e. The highest BCUT2D eigenvalue weighted by Crippen LogP contribution is 2.44. The molecule has 542 valence electrons. The van der Waals surface area contributed by atoms with Crippen LogP contribution in [0.4, 0.5) is 39.5 Å². The average molecular weight is 1440 g/mol. The molecule has 5 aromatic rings. The number of imide groups is 1. The van der Waals surface area contributed by atoms with Gasteiger partial charge in [-0.2, -0.15) is 0 Å². The second-order valence-electron chi connectivity index (χ2n) is 29.1. The zero-order valence-corrected chi connectivity index (χ0v) is 57.6. The van der Waals surface area contributed by atoms with E-state index in [0.29, 0.717) is 79.9 Å². The molecule has 0 radical (unpaired) electrons. The highest BCUT2D eigenvalue weighted by atomic mass is 32.2. The Morgan fingerprint density at radius 3 is 1.18 bits per heavy atom. The van der Waals surface area contributed by atoms with Crippen molar-refractivity contribution in [2.24, 2.45) is 35.0 Å². The third kappa shape index (κ3) is 17.3. The molecular weight excluding hydrogens is 1350 g/mol. The van der Waals surface area contributed by atoms with E-state index in [1.165, 1.54) is 4.90 Å². The van der Waals surface area contributed by atoms with Gasteiger partial charge in [-0.25, -0.2) is 56.3 Å². The first-order valence-corrected chi connectivity index (χ1v) is 38.7. The number of benzene rings is 5. The molecule has 12 atom stereocenters. The molecule has 5 aromatic carbocycles. The van der Waals surface area contributed by atoms with Crippen LogP contribution in [0.5, 0.6) is 0 Å². The first-order chi connectivity index (χ1) is 47.5. The lowest BCUT2D eigenvalue weighted by Gasteiger charge is -2.41. The average Bonchev–Trinajstić information content (AvgIpc) is 1.63. The van der Waals surface area contributed by atoms with E-state index in [9.17, 15) is 75.5 Å². The lowest BCUT2D eigenvalue weighted by molar-refractivity contribution is -0.137. The molecular formula is C74H88F9N7O8S2. The number of amides is 4. The SMILES string of the molecule is CS(=O)(=O)CCC(=O)N1[C@@H]2CC[C@H]1CC([C@H](N)Cc1cc(F)c(F)cc1F)C2.N[C@H](Cc1cc(F)c(F)cc1F)C1C[C@H]2CC[C@@H](C1)N2C(=O)CCS(=O)(=O)C1CCCCC1.N[C@H](Cc1cc(F)c(F)cc1F)C1C[C@H]2CC[C@@H](C1)N2Cc1cccc(CN2C(=O)c3ccccc3C2=O)c1. The van der Waals surface area contributed by atoms with Gasteiger partial charge in [0.2, 0.25) is 11.8 Å². The van der Waals surface area contributed by atoms with Crippen LogP contribution in [-0.4, -0.2) is 137 Å². The van der Waals surface area contributed by atoms with E-state index in [1.54, 1.807) is 29.2 Å². The van der Waals surface area contributed by atoms with Crippen LogP contribution in [0.25, 0.3) is 0 Å². The molecule has 3 unspecified atom stereocenters. The monoisotopic (exact) mass is 1440 g/mol. The number of carbonyl (C=O) groups excluding carboxylic acids is 4. The standard InChI is InChI=1S/C31H30F3N3O2.C24H33F3N2O3S.C19H25F3N2O3S/c32-26-15-28(34)27(33)13-20(26)14-29(35)21-11-22-8-9-23(12-21)36(22)16-18-4-3-5-19(10-18)17-37-30(38)24-6-1-2-7-25(24)31(37)39;25-20-14-22(27)21(26)12-15(20)13-23(28)16-10-17-6-7-18(11-16)29(17)24(30)8-9-33(31,32)19-4-2-1-3-5-19;1-28(26,27)5-4-19(25)24-13-2-3-14(24)7-12(6-13)18(23)9-11-8-16(21)17(22)10-15(11)20/h1-7,10,13,15,21-23,29H,8-9,11-12,14,16-17,35H2;12,14,16-19,23H,1-11,13,28H2;8,10,12-14,18H,2-7,9,23H2,1H3/t21?,22-,23+,29-;16?,17-,18+,23-;12?,13-,14+,18-/m111/s1. The van der Waals surface area contributed by atoms with Gasteiger partial charge >= 0.3 is 0 Å². The summed E-state index contributed by atoms with van der Waals surface area (Å²) in [5, 5.41) is -0.309. The molecule has 7 aliphatic heterocycles. The fraction of sp³-hybridized carbons (Fsp3) is 0.541. The lowest BCUT2D eigenvalue weighted by atomic mass is 9.82. The summed E-state index contributed by atoms with van der Waals surface area (Å²) >= 11 is 0. The highest BCUT2D eigenvalue weighted by Gasteiger charge is 2.47. The maximum Gasteiger partial charge on any atom is 0.261 e. The van der Waals surface area contributed by atoms with Crippen LogP contribution < -0.4 is 17.2 Å². The van der Waals surface area contributed by atoms with E-state index in [4.69, 9.17) is 17.2 Å². The maximum atomic E-state index is 14.2. The van der Waals surface area contributed by atoms with Crippen LogP contribution in [0.2, 0.25) is 0 Å². The van der Waals surface area contributed by atoms with Gasteiger partial charge in [0, 0.05) is 98.2 Å². The van der Waals surface area contributed by atoms with Crippen LogP contribution in [0.1, 0.15) is 171 Å². The summed E-state index contributed by atoms with van der Waals surface area (Å²) in [6.07, 6.45) is 15.6. The van der Waals surface area contributed by atoms with Crippen molar-refractivity contribution in [1.29, 1.82) is 0 Å². The molecule has 26 heteroatoms. The number of hydrogen-bond donors (Lipinski definition) is 3. The zero-order valence-electron chi connectivity index (χ0n) is 56.0. The smallest absolute Gasteiger partial charge is 0.261 e. The van der Waals surface area contributed by atoms with E-state index in [2.05, 4.69) is 17.0 Å². The fourth-order valence-corrected chi connectivity index (χ4v) is 19.6. The first kappa shape index (κ1) is 74.5. The van der Waals surface area contributed by atoms with Gasteiger partial charge < -0.3 is 27.0 Å². The topological polar surface area (TPSA) is 228 Å². The minimum absolute atomic E-state index is 0.000476. The van der Waals surface area contributed by atoms with Crippen molar-refractivity contribution in [2.45, 2.75) is 214 Å². The van der Waals surface area contributed by atoms with Gasteiger partial charge in [-0.05, 0) is 185 Å². The van der Waals surface area contributed by atoms with E-state index in [-0.39, 0.29) is 144 Å².